The Kier molecular flexibility index (Phi) is 4.27. The molecule has 0 radical (unpaired) electrons. The first-order valence-corrected chi connectivity index (χ1v) is 6.18. The number of pyridine rings is 1. The van der Waals surface area contributed by atoms with Crippen molar-refractivity contribution in [1.82, 2.24) is 10.3 Å². The minimum Gasteiger partial charge on any atom is -0.475 e. The molecule has 0 spiro atoms. The Morgan fingerprint density at radius 2 is 2.25 bits per heavy atom. The van der Waals surface area contributed by atoms with Gasteiger partial charge in [-0.1, -0.05) is 29.6 Å². The molecule has 1 fully saturated rings. The quantitative estimate of drug-likeness (QED) is 0.827. The zero-order chi connectivity index (χ0) is 11.4. The summed E-state index contributed by atoms with van der Waals surface area (Å²) in [6.45, 7) is 1.40. The monoisotopic (exact) mass is 260 g/mol. The summed E-state index contributed by atoms with van der Waals surface area (Å²) in [6.07, 6.45) is 5.42. The highest BCUT2D eigenvalue weighted by atomic mass is 35.5. The molecule has 0 bridgehead atoms. The lowest BCUT2D eigenvalue weighted by Crippen LogP contribution is -2.37. The van der Waals surface area contributed by atoms with Gasteiger partial charge >= 0.3 is 0 Å². The van der Waals surface area contributed by atoms with Gasteiger partial charge < -0.3 is 10.1 Å². The van der Waals surface area contributed by atoms with Gasteiger partial charge in [0.2, 0.25) is 5.88 Å². The van der Waals surface area contributed by atoms with E-state index in [4.69, 9.17) is 27.9 Å². The molecule has 0 unspecified atom stereocenters. The Hall–Kier alpha value is -0.510. The van der Waals surface area contributed by atoms with Crippen LogP contribution in [0.25, 0.3) is 0 Å². The molecule has 0 amide bonds. The van der Waals surface area contributed by atoms with Crippen molar-refractivity contribution in [2.45, 2.75) is 25.3 Å². The van der Waals surface area contributed by atoms with Crippen LogP contribution in [-0.4, -0.2) is 24.2 Å². The smallest absolute Gasteiger partial charge is 0.232 e. The van der Waals surface area contributed by atoms with Gasteiger partial charge in [-0.2, -0.15) is 0 Å². The normalized spacial score (nSPS) is 15.9. The maximum absolute atomic E-state index is 5.92. The average molecular weight is 261 g/mol. The molecule has 1 saturated carbocycles. The number of nitrogens with one attached hydrogen (secondary N) is 1. The van der Waals surface area contributed by atoms with E-state index in [0.717, 1.165) is 6.54 Å². The fourth-order valence-corrected chi connectivity index (χ4v) is 1.97. The van der Waals surface area contributed by atoms with E-state index in [0.29, 0.717) is 28.6 Å². The minimum atomic E-state index is 0.446. The summed E-state index contributed by atoms with van der Waals surface area (Å²) in [4.78, 5) is 4.01. The van der Waals surface area contributed by atoms with Crippen LogP contribution in [-0.2, 0) is 0 Å². The summed E-state index contributed by atoms with van der Waals surface area (Å²) in [6, 6.07) is 2.31. The fourth-order valence-electron chi connectivity index (χ4n) is 1.53. The molecule has 1 aliphatic rings. The van der Waals surface area contributed by atoms with Crippen LogP contribution in [0.15, 0.2) is 12.3 Å². The molecule has 0 atom stereocenters. The molecule has 0 saturated heterocycles. The Morgan fingerprint density at radius 1 is 1.44 bits per heavy atom. The molecule has 1 N–H and O–H groups in total. The number of aromatic nitrogens is 1. The van der Waals surface area contributed by atoms with Crippen LogP contribution in [0.3, 0.4) is 0 Å². The third-order valence-electron chi connectivity index (χ3n) is 2.65. The standard InChI is InChI=1S/C11H14Cl2N2O/c12-8-6-10(13)11(15-7-8)16-5-4-14-9-2-1-3-9/h6-7,9,14H,1-5H2. The summed E-state index contributed by atoms with van der Waals surface area (Å²) >= 11 is 11.6. The third-order valence-corrected chi connectivity index (χ3v) is 3.13. The van der Waals surface area contributed by atoms with E-state index in [2.05, 4.69) is 10.3 Å². The van der Waals surface area contributed by atoms with Gasteiger partial charge in [-0.3, -0.25) is 0 Å². The average Bonchev–Trinajstić information content (AvgIpc) is 2.18. The van der Waals surface area contributed by atoms with Gasteiger partial charge in [0.15, 0.2) is 0 Å². The van der Waals surface area contributed by atoms with Crippen LogP contribution < -0.4 is 10.1 Å². The van der Waals surface area contributed by atoms with Gasteiger partial charge in [0.05, 0.1) is 5.02 Å². The predicted octanol–water partition coefficient (Wildman–Crippen LogP) is 2.91. The van der Waals surface area contributed by atoms with E-state index < -0.39 is 0 Å². The predicted molar refractivity (Wildman–Crippen MR) is 65.4 cm³/mol. The molecule has 2 rings (SSSR count). The Morgan fingerprint density at radius 3 is 2.88 bits per heavy atom. The Bertz CT molecular complexity index is 356. The number of nitrogens with zero attached hydrogens (tertiary/aromatic N) is 1. The van der Waals surface area contributed by atoms with E-state index >= 15 is 0 Å². The van der Waals surface area contributed by atoms with Crippen molar-refractivity contribution in [3.05, 3.63) is 22.3 Å². The van der Waals surface area contributed by atoms with Crippen molar-refractivity contribution in [3.8, 4) is 5.88 Å². The highest BCUT2D eigenvalue weighted by molar-refractivity contribution is 6.35. The van der Waals surface area contributed by atoms with Gasteiger partial charge in [0.25, 0.3) is 0 Å². The van der Waals surface area contributed by atoms with Crippen LogP contribution in [0.4, 0.5) is 0 Å². The van der Waals surface area contributed by atoms with Gasteiger partial charge in [-0.25, -0.2) is 4.98 Å². The highest BCUT2D eigenvalue weighted by Crippen LogP contribution is 2.24. The maximum atomic E-state index is 5.92. The first kappa shape index (κ1) is 12.0. The second kappa shape index (κ2) is 5.71. The van der Waals surface area contributed by atoms with Gasteiger partial charge in [-0.15, -0.1) is 0 Å². The second-order valence-corrected chi connectivity index (χ2v) is 4.71. The summed E-state index contributed by atoms with van der Waals surface area (Å²) in [7, 11) is 0. The molecular weight excluding hydrogens is 247 g/mol. The summed E-state index contributed by atoms with van der Waals surface area (Å²) in [5.74, 6) is 0.446. The molecule has 1 aromatic heterocycles. The summed E-state index contributed by atoms with van der Waals surface area (Å²) in [5.41, 5.74) is 0. The molecule has 1 heterocycles. The Balaban J connectivity index is 1.71. The van der Waals surface area contributed by atoms with Crippen LogP contribution in [0.1, 0.15) is 19.3 Å². The first-order chi connectivity index (χ1) is 7.75. The molecule has 0 aromatic carbocycles. The molecule has 1 aromatic rings. The van der Waals surface area contributed by atoms with Crippen molar-refractivity contribution < 1.29 is 4.74 Å². The summed E-state index contributed by atoms with van der Waals surface area (Å²) < 4.78 is 5.45. The van der Waals surface area contributed by atoms with Crippen molar-refractivity contribution in [3.63, 3.8) is 0 Å². The molecule has 16 heavy (non-hydrogen) atoms. The molecule has 1 aliphatic carbocycles. The Labute approximate surface area is 105 Å². The van der Waals surface area contributed by atoms with Crippen LogP contribution in [0.5, 0.6) is 5.88 Å². The zero-order valence-corrected chi connectivity index (χ0v) is 10.4. The maximum Gasteiger partial charge on any atom is 0.232 e. The molecule has 3 nitrogen and oxygen atoms in total. The van der Waals surface area contributed by atoms with E-state index in [1.807, 2.05) is 0 Å². The van der Waals surface area contributed by atoms with E-state index in [1.165, 1.54) is 25.5 Å². The van der Waals surface area contributed by atoms with Gasteiger partial charge in [-0.05, 0) is 18.9 Å². The number of halogens is 2. The van der Waals surface area contributed by atoms with E-state index in [1.54, 1.807) is 6.07 Å². The van der Waals surface area contributed by atoms with Crippen molar-refractivity contribution in [2.24, 2.45) is 0 Å². The second-order valence-electron chi connectivity index (χ2n) is 3.87. The first-order valence-electron chi connectivity index (χ1n) is 5.43. The van der Waals surface area contributed by atoms with Gasteiger partial charge in [0.1, 0.15) is 11.6 Å². The molecule has 88 valence electrons. The fraction of sp³-hybridized carbons (Fsp3) is 0.545. The van der Waals surface area contributed by atoms with Crippen molar-refractivity contribution in [2.75, 3.05) is 13.2 Å². The van der Waals surface area contributed by atoms with E-state index in [-0.39, 0.29) is 0 Å². The number of ether oxygens (including phenoxy) is 1. The van der Waals surface area contributed by atoms with E-state index in [9.17, 15) is 0 Å². The molecule has 0 aliphatic heterocycles. The summed E-state index contributed by atoms with van der Waals surface area (Å²) in [5, 5.41) is 4.37. The third kappa shape index (κ3) is 3.24. The number of hydrogen-bond acceptors (Lipinski definition) is 3. The zero-order valence-electron chi connectivity index (χ0n) is 8.88. The molecular formula is C11H14Cl2N2O. The van der Waals surface area contributed by atoms with Gasteiger partial charge in [0, 0.05) is 18.8 Å². The largest absolute Gasteiger partial charge is 0.475 e. The number of rotatable bonds is 5. The topological polar surface area (TPSA) is 34.1 Å². The highest BCUT2D eigenvalue weighted by Gasteiger charge is 2.15. The number of hydrogen-bond donors (Lipinski definition) is 1. The van der Waals surface area contributed by atoms with Crippen LogP contribution in [0, 0.1) is 0 Å². The van der Waals surface area contributed by atoms with Crippen LogP contribution >= 0.6 is 23.2 Å². The van der Waals surface area contributed by atoms with Crippen molar-refractivity contribution >= 4 is 23.2 Å². The lowest BCUT2D eigenvalue weighted by molar-refractivity contribution is 0.269. The van der Waals surface area contributed by atoms with Crippen molar-refractivity contribution in [1.29, 1.82) is 0 Å². The molecule has 5 heteroatoms. The minimum absolute atomic E-state index is 0.446. The lowest BCUT2D eigenvalue weighted by Gasteiger charge is -2.26. The lowest BCUT2D eigenvalue weighted by atomic mass is 9.93. The van der Waals surface area contributed by atoms with Crippen LogP contribution in [0.2, 0.25) is 10.0 Å². The SMILES string of the molecule is Clc1cnc(OCCNC2CCC2)c(Cl)c1.